The van der Waals surface area contributed by atoms with Crippen LogP contribution >= 0.6 is 0 Å². The molecule has 0 fully saturated rings. The summed E-state index contributed by atoms with van der Waals surface area (Å²) in [5.41, 5.74) is -1.25. The lowest BCUT2D eigenvalue weighted by Gasteiger charge is -2.05. The van der Waals surface area contributed by atoms with Crippen LogP contribution in [0.4, 0.5) is 17.6 Å². The van der Waals surface area contributed by atoms with E-state index in [1.165, 1.54) is 6.92 Å². The average Bonchev–Trinajstić information content (AvgIpc) is 2.26. The van der Waals surface area contributed by atoms with Crippen molar-refractivity contribution in [2.75, 3.05) is 0 Å². The van der Waals surface area contributed by atoms with E-state index >= 15 is 0 Å². The standard InChI is InChI=1S/C9H4F4N2O/c1-2-3-4(9(16)15-14-2)6(11)8(13)7(12)5(3)10/h1H3,(H,15,16). The van der Waals surface area contributed by atoms with Crippen LogP contribution in [0.1, 0.15) is 5.69 Å². The van der Waals surface area contributed by atoms with E-state index in [9.17, 15) is 22.4 Å². The molecular formula is C9H4F4N2O. The molecule has 0 saturated heterocycles. The molecule has 0 bridgehead atoms. The normalized spacial score (nSPS) is 11.1. The van der Waals surface area contributed by atoms with Crippen molar-refractivity contribution in [2.45, 2.75) is 6.92 Å². The number of benzene rings is 1. The lowest BCUT2D eigenvalue weighted by molar-refractivity contribution is 0.417. The average molecular weight is 232 g/mol. The van der Waals surface area contributed by atoms with Crippen LogP contribution in [0.2, 0.25) is 0 Å². The molecule has 2 aromatic rings. The molecule has 0 aliphatic carbocycles. The largest absolute Gasteiger partial charge is 0.275 e. The Bertz CT molecular complexity index is 650. The topological polar surface area (TPSA) is 45.8 Å². The maximum absolute atomic E-state index is 13.3. The molecule has 0 radical (unpaired) electrons. The highest BCUT2D eigenvalue weighted by molar-refractivity contribution is 5.84. The molecule has 84 valence electrons. The lowest BCUT2D eigenvalue weighted by Crippen LogP contribution is -2.14. The molecule has 0 aliphatic rings. The summed E-state index contributed by atoms with van der Waals surface area (Å²) in [6.45, 7) is 1.23. The van der Waals surface area contributed by atoms with Gasteiger partial charge in [-0.05, 0) is 6.92 Å². The summed E-state index contributed by atoms with van der Waals surface area (Å²) >= 11 is 0. The van der Waals surface area contributed by atoms with Gasteiger partial charge in [-0.2, -0.15) is 5.10 Å². The second-order valence-electron chi connectivity index (χ2n) is 3.14. The van der Waals surface area contributed by atoms with Crippen molar-refractivity contribution in [3.63, 3.8) is 0 Å². The van der Waals surface area contributed by atoms with Gasteiger partial charge < -0.3 is 0 Å². The zero-order valence-electron chi connectivity index (χ0n) is 7.87. The number of fused-ring (bicyclic) bond motifs is 1. The Kier molecular flexibility index (Phi) is 2.18. The molecule has 2 rings (SSSR count). The van der Waals surface area contributed by atoms with Gasteiger partial charge in [0, 0.05) is 0 Å². The number of nitrogens with zero attached hydrogens (tertiary/aromatic N) is 1. The van der Waals surface area contributed by atoms with E-state index in [0.29, 0.717) is 0 Å². The highest BCUT2D eigenvalue weighted by atomic mass is 19.2. The molecule has 16 heavy (non-hydrogen) atoms. The number of hydrogen-bond acceptors (Lipinski definition) is 2. The fourth-order valence-corrected chi connectivity index (χ4v) is 1.43. The number of H-pyrrole nitrogens is 1. The van der Waals surface area contributed by atoms with E-state index in [2.05, 4.69) is 5.10 Å². The first kappa shape index (κ1) is 10.6. The van der Waals surface area contributed by atoms with E-state index in [1.807, 2.05) is 5.10 Å². The number of hydrogen-bond donors (Lipinski definition) is 1. The molecule has 0 saturated carbocycles. The van der Waals surface area contributed by atoms with Gasteiger partial charge >= 0.3 is 0 Å². The zero-order chi connectivity index (χ0) is 12.0. The Balaban J connectivity index is 3.20. The third kappa shape index (κ3) is 1.21. The maximum atomic E-state index is 13.3. The molecule has 1 heterocycles. The van der Waals surface area contributed by atoms with E-state index in [0.717, 1.165) is 0 Å². The van der Waals surface area contributed by atoms with Gasteiger partial charge in [0.1, 0.15) is 0 Å². The number of nitrogens with one attached hydrogen (secondary N) is 1. The van der Waals surface area contributed by atoms with Crippen LogP contribution in [-0.2, 0) is 0 Å². The fourth-order valence-electron chi connectivity index (χ4n) is 1.43. The van der Waals surface area contributed by atoms with E-state index in [1.54, 1.807) is 0 Å². The maximum Gasteiger partial charge on any atom is 0.275 e. The van der Waals surface area contributed by atoms with Crippen LogP contribution in [0.25, 0.3) is 10.8 Å². The Morgan fingerprint density at radius 3 is 2.00 bits per heavy atom. The highest BCUT2D eigenvalue weighted by Gasteiger charge is 2.23. The SMILES string of the molecule is Cc1n[nH]c(=O)c2c(F)c(F)c(F)c(F)c12. The predicted molar refractivity (Wildman–Crippen MR) is 46.9 cm³/mol. The van der Waals surface area contributed by atoms with Crippen molar-refractivity contribution in [1.82, 2.24) is 10.2 Å². The quantitative estimate of drug-likeness (QED) is 0.427. The van der Waals surface area contributed by atoms with Crippen molar-refractivity contribution >= 4 is 10.8 Å². The van der Waals surface area contributed by atoms with Crippen LogP contribution in [0, 0.1) is 30.2 Å². The Hall–Kier alpha value is -1.92. The first-order chi connectivity index (χ1) is 7.45. The number of halogens is 4. The summed E-state index contributed by atoms with van der Waals surface area (Å²) < 4.78 is 52.3. The minimum atomic E-state index is -2.01. The van der Waals surface area contributed by atoms with Crippen LogP contribution in [0.3, 0.4) is 0 Å². The summed E-state index contributed by atoms with van der Waals surface area (Å²) in [6, 6.07) is 0. The molecule has 3 nitrogen and oxygen atoms in total. The minimum absolute atomic E-state index is 0.134. The number of aryl methyl sites for hydroxylation is 1. The summed E-state index contributed by atoms with van der Waals surface area (Å²) in [7, 11) is 0. The van der Waals surface area contributed by atoms with Crippen molar-refractivity contribution < 1.29 is 17.6 Å². The van der Waals surface area contributed by atoms with Gasteiger partial charge in [0.15, 0.2) is 23.3 Å². The predicted octanol–water partition coefficient (Wildman–Crippen LogP) is 1.79. The van der Waals surface area contributed by atoms with E-state index in [-0.39, 0.29) is 5.69 Å². The van der Waals surface area contributed by atoms with Gasteiger partial charge in [-0.25, -0.2) is 22.7 Å². The van der Waals surface area contributed by atoms with Crippen molar-refractivity contribution in [3.8, 4) is 0 Å². The van der Waals surface area contributed by atoms with Crippen molar-refractivity contribution in [1.29, 1.82) is 0 Å². The van der Waals surface area contributed by atoms with Crippen molar-refractivity contribution in [2.24, 2.45) is 0 Å². The molecule has 0 amide bonds. The van der Waals surface area contributed by atoms with E-state index < -0.39 is 39.6 Å². The fraction of sp³-hybridized carbons (Fsp3) is 0.111. The lowest BCUT2D eigenvalue weighted by atomic mass is 10.1. The Morgan fingerprint density at radius 1 is 0.938 bits per heavy atom. The first-order valence-corrected chi connectivity index (χ1v) is 4.16. The number of rotatable bonds is 0. The molecular weight excluding hydrogens is 228 g/mol. The van der Waals surface area contributed by atoms with Crippen LogP contribution in [0.15, 0.2) is 4.79 Å². The molecule has 0 atom stereocenters. The number of aromatic nitrogens is 2. The second-order valence-corrected chi connectivity index (χ2v) is 3.14. The third-order valence-corrected chi connectivity index (χ3v) is 2.18. The minimum Gasteiger partial charge on any atom is -0.267 e. The molecule has 1 aromatic heterocycles. The Labute approximate surface area is 85.7 Å². The third-order valence-electron chi connectivity index (χ3n) is 2.18. The van der Waals surface area contributed by atoms with Crippen molar-refractivity contribution in [3.05, 3.63) is 39.3 Å². The molecule has 7 heteroatoms. The van der Waals surface area contributed by atoms with Crippen LogP contribution in [0.5, 0.6) is 0 Å². The van der Waals surface area contributed by atoms with Crippen LogP contribution < -0.4 is 5.56 Å². The summed E-state index contributed by atoms with van der Waals surface area (Å²) in [5, 5.41) is 3.68. The summed E-state index contributed by atoms with van der Waals surface area (Å²) in [6.07, 6.45) is 0. The second kappa shape index (κ2) is 3.29. The highest BCUT2D eigenvalue weighted by Crippen LogP contribution is 2.25. The smallest absolute Gasteiger partial charge is 0.267 e. The summed E-state index contributed by atoms with van der Waals surface area (Å²) in [4.78, 5) is 11.2. The summed E-state index contributed by atoms with van der Waals surface area (Å²) in [5.74, 6) is -7.31. The van der Waals surface area contributed by atoms with Gasteiger partial charge in [-0.15, -0.1) is 0 Å². The molecule has 1 aromatic carbocycles. The molecule has 1 N–H and O–H groups in total. The van der Waals surface area contributed by atoms with Gasteiger partial charge in [-0.3, -0.25) is 4.79 Å². The first-order valence-electron chi connectivity index (χ1n) is 4.16. The molecule has 0 spiro atoms. The Morgan fingerprint density at radius 2 is 1.44 bits per heavy atom. The number of aromatic amines is 1. The van der Waals surface area contributed by atoms with Gasteiger partial charge in [0.2, 0.25) is 0 Å². The molecule has 0 aliphatic heterocycles. The van der Waals surface area contributed by atoms with Gasteiger partial charge in [0.25, 0.3) is 5.56 Å². The van der Waals surface area contributed by atoms with E-state index in [4.69, 9.17) is 0 Å². The van der Waals surface area contributed by atoms with Gasteiger partial charge in [-0.1, -0.05) is 0 Å². The van der Waals surface area contributed by atoms with Gasteiger partial charge in [0.05, 0.1) is 16.5 Å². The molecule has 0 unspecified atom stereocenters. The van der Waals surface area contributed by atoms with Crippen LogP contribution in [-0.4, -0.2) is 10.2 Å². The zero-order valence-corrected chi connectivity index (χ0v) is 7.87. The monoisotopic (exact) mass is 232 g/mol.